The number of carbonyl (C=O) groups is 1. The van der Waals surface area contributed by atoms with Crippen molar-refractivity contribution in [3.05, 3.63) is 11.8 Å². The zero-order valence-electron chi connectivity index (χ0n) is 8.05. The van der Waals surface area contributed by atoms with Gasteiger partial charge in [0.2, 0.25) is 0 Å². The van der Waals surface area contributed by atoms with Crippen molar-refractivity contribution in [1.82, 2.24) is 5.32 Å². The molecule has 0 bridgehead atoms. The molecule has 2 N–H and O–H groups in total. The van der Waals surface area contributed by atoms with Gasteiger partial charge >= 0.3 is 0 Å². The summed E-state index contributed by atoms with van der Waals surface area (Å²) in [4.78, 5) is 11.0. The lowest BCUT2D eigenvalue weighted by Crippen LogP contribution is -2.28. The molecule has 0 aromatic heterocycles. The van der Waals surface area contributed by atoms with E-state index >= 15 is 0 Å². The van der Waals surface area contributed by atoms with Crippen molar-refractivity contribution in [2.75, 3.05) is 6.61 Å². The van der Waals surface area contributed by atoms with E-state index in [-0.39, 0.29) is 18.4 Å². The first-order chi connectivity index (χ1) is 6.22. The summed E-state index contributed by atoms with van der Waals surface area (Å²) in [6, 6.07) is 0.252. The second-order valence-electron chi connectivity index (χ2n) is 3.55. The Balaban J connectivity index is 2.39. The molecule has 74 valence electrons. The average molecular weight is 183 g/mol. The maximum atomic E-state index is 11.0. The van der Waals surface area contributed by atoms with Crippen LogP contribution in [-0.2, 0) is 4.79 Å². The third-order valence-electron chi connectivity index (χ3n) is 2.20. The van der Waals surface area contributed by atoms with Crippen LogP contribution in [0.2, 0.25) is 0 Å². The maximum absolute atomic E-state index is 11.0. The highest BCUT2D eigenvalue weighted by atomic mass is 16.3. The van der Waals surface area contributed by atoms with Crippen molar-refractivity contribution in [3.63, 3.8) is 0 Å². The van der Waals surface area contributed by atoms with Crippen LogP contribution in [-0.4, -0.2) is 23.5 Å². The van der Waals surface area contributed by atoms with Crippen LogP contribution in [0.3, 0.4) is 0 Å². The summed E-state index contributed by atoms with van der Waals surface area (Å²) >= 11 is 0. The number of hydrogen-bond acceptors (Lipinski definition) is 3. The molecule has 0 heterocycles. The van der Waals surface area contributed by atoms with Gasteiger partial charge in [-0.1, -0.05) is 0 Å². The summed E-state index contributed by atoms with van der Waals surface area (Å²) in [6.45, 7) is 2.20. The van der Waals surface area contributed by atoms with Gasteiger partial charge < -0.3 is 10.4 Å². The number of allylic oxidation sites excluding steroid dienone is 2. The average Bonchev–Trinajstić information content (AvgIpc) is 2.04. The van der Waals surface area contributed by atoms with Crippen molar-refractivity contribution in [2.45, 2.75) is 38.6 Å². The van der Waals surface area contributed by atoms with Gasteiger partial charge in [0.05, 0.1) is 0 Å². The number of ketones is 1. The molecular formula is C10H17NO2. The number of hydrogen-bond donors (Lipinski definition) is 2. The van der Waals surface area contributed by atoms with Gasteiger partial charge in [-0.25, -0.2) is 0 Å². The molecule has 1 aliphatic rings. The molecule has 0 radical (unpaired) electrons. The molecule has 3 nitrogen and oxygen atoms in total. The van der Waals surface area contributed by atoms with Crippen LogP contribution >= 0.6 is 0 Å². The maximum Gasteiger partial charge on any atom is 0.157 e. The Hall–Kier alpha value is -0.830. The lowest BCUT2D eigenvalue weighted by atomic mass is 10.0. The van der Waals surface area contributed by atoms with Crippen LogP contribution in [0.25, 0.3) is 0 Å². The Morgan fingerprint density at radius 3 is 3.00 bits per heavy atom. The lowest BCUT2D eigenvalue weighted by molar-refractivity contribution is -0.115. The minimum atomic E-state index is 0.190. The van der Waals surface area contributed by atoms with Gasteiger partial charge in [0, 0.05) is 30.8 Å². The van der Waals surface area contributed by atoms with E-state index in [0.29, 0.717) is 6.42 Å². The summed E-state index contributed by atoms with van der Waals surface area (Å²) < 4.78 is 0. The SMILES string of the molecule is C[C@@H](CCO)NC1=CC(=O)CCC1. The summed E-state index contributed by atoms with van der Waals surface area (Å²) in [6.07, 6.45) is 5.01. The molecule has 1 atom stereocenters. The van der Waals surface area contributed by atoms with Crippen molar-refractivity contribution < 1.29 is 9.90 Å². The molecule has 3 heteroatoms. The highest BCUT2D eigenvalue weighted by Gasteiger charge is 2.11. The molecule has 0 spiro atoms. The van der Waals surface area contributed by atoms with Crippen molar-refractivity contribution in [3.8, 4) is 0 Å². The highest BCUT2D eigenvalue weighted by Crippen LogP contribution is 2.13. The molecule has 0 amide bonds. The van der Waals surface area contributed by atoms with Gasteiger partial charge in [-0.3, -0.25) is 4.79 Å². The number of nitrogens with one attached hydrogen (secondary N) is 1. The second-order valence-corrected chi connectivity index (χ2v) is 3.55. The van der Waals surface area contributed by atoms with E-state index < -0.39 is 0 Å². The Labute approximate surface area is 78.8 Å². The van der Waals surface area contributed by atoms with E-state index in [1.165, 1.54) is 0 Å². The van der Waals surface area contributed by atoms with Gasteiger partial charge in [-0.05, 0) is 26.2 Å². The fourth-order valence-corrected chi connectivity index (χ4v) is 1.49. The lowest BCUT2D eigenvalue weighted by Gasteiger charge is -2.19. The number of carbonyl (C=O) groups excluding carboxylic acids is 1. The molecular weight excluding hydrogens is 166 g/mol. The number of rotatable bonds is 4. The molecule has 13 heavy (non-hydrogen) atoms. The smallest absolute Gasteiger partial charge is 0.157 e. The topological polar surface area (TPSA) is 49.3 Å². The van der Waals surface area contributed by atoms with E-state index in [1.54, 1.807) is 6.08 Å². The van der Waals surface area contributed by atoms with Crippen LogP contribution in [0, 0.1) is 0 Å². The summed E-state index contributed by atoms with van der Waals surface area (Å²) in [5, 5.41) is 11.9. The number of aliphatic hydroxyl groups excluding tert-OH is 1. The summed E-state index contributed by atoms with van der Waals surface area (Å²) in [5.74, 6) is 0.213. The standard InChI is InChI=1S/C10H17NO2/c1-8(5-6-12)11-9-3-2-4-10(13)7-9/h7-8,11-12H,2-6H2,1H3/t8-/m0/s1. The predicted molar refractivity (Wildman–Crippen MR) is 51.2 cm³/mol. The molecule has 0 fully saturated rings. The van der Waals surface area contributed by atoms with Gasteiger partial charge in [-0.2, -0.15) is 0 Å². The molecule has 1 aliphatic carbocycles. The van der Waals surface area contributed by atoms with Crippen LogP contribution < -0.4 is 5.32 Å². The number of aliphatic hydroxyl groups is 1. The van der Waals surface area contributed by atoms with Gasteiger partial charge in [0.1, 0.15) is 0 Å². The van der Waals surface area contributed by atoms with Gasteiger partial charge in [0.15, 0.2) is 5.78 Å². The molecule has 0 saturated carbocycles. The van der Waals surface area contributed by atoms with E-state index in [2.05, 4.69) is 5.32 Å². The molecule has 0 aliphatic heterocycles. The van der Waals surface area contributed by atoms with E-state index in [9.17, 15) is 4.79 Å². The van der Waals surface area contributed by atoms with Crippen LogP contribution in [0.1, 0.15) is 32.6 Å². The van der Waals surface area contributed by atoms with Crippen LogP contribution in [0.5, 0.6) is 0 Å². The van der Waals surface area contributed by atoms with Crippen molar-refractivity contribution in [1.29, 1.82) is 0 Å². The van der Waals surface area contributed by atoms with E-state index in [4.69, 9.17) is 5.11 Å². The molecule has 0 aromatic carbocycles. The van der Waals surface area contributed by atoms with Crippen LogP contribution in [0.4, 0.5) is 0 Å². The Morgan fingerprint density at radius 1 is 1.62 bits per heavy atom. The van der Waals surface area contributed by atoms with E-state index in [1.807, 2.05) is 6.92 Å². The first-order valence-corrected chi connectivity index (χ1v) is 4.83. The quantitative estimate of drug-likeness (QED) is 0.683. The van der Waals surface area contributed by atoms with Crippen molar-refractivity contribution in [2.24, 2.45) is 0 Å². The largest absolute Gasteiger partial charge is 0.396 e. The third-order valence-corrected chi connectivity index (χ3v) is 2.20. The summed E-state index contributed by atoms with van der Waals surface area (Å²) in [7, 11) is 0. The fourth-order valence-electron chi connectivity index (χ4n) is 1.49. The minimum absolute atomic E-state index is 0.190. The third kappa shape index (κ3) is 3.59. The zero-order valence-corrected chi connectivity index (χ0v) is 8.05. The first-order valence-electron chi connectivity index (χ1n) is 4.83. The normalized spacial score (nSPS) is 19.5. The van der Waals surface area contributed by atoms with Crippen LogP contribution in [0.15, 0.2) is 11.8 Å². The molecule has 1 rings (SSSR count). The zero-order chi connectivity index (χ0) is 9.68. The Kier molecular flexibility index (Phi) is 3.96. The molecule has 0 aromatic rings. The van der Waals surface area contributed by atoms with E-state index in [0.717, 1.165) is 25.0 Å². The second kappa shape index (κ2) is 5.02. The van der Waals surface area contributed by atoms with Gasteiger partial charge in [-0.15, -0.1) is 0 Å². The monoisotopic (exact) mass is 183 g/mol. The molecule has 0 unspecified atom stereocenters. The minimum Gasteiger partial charge on any atom is -0.396 e. The Morgan fingerprint density at radius 2 is 2.38 bits per heavy atom. The predicted octanol–water partition coefficient (Wildman–Crippen LogP) is 0.984. The molecule has 0 saturated heterocycles. The first kappa shape index (κ1) is 10.3. The van der Waals surface area contributed by atoms with Gasteiger partial charge in [0.25, 0.3) is 0 Å². The summed E-state index contributed by atoms with van der Waals surface area (Å²) in [5.41, 5.74) is 1.03. The highest BCUT2D eigenvalue weighted by molar-refractivity contribution is 5.91. The van der Waals surface area contributed by atoms with Crippen molar-refractivity contribution >= 4 is 5.78 Å². The fraction of sp³-hybridized carbons (Fsp3) is 0.700. The Bertz CT molecular complexity index is 211.